The summed E-state index contributed by atoms with van der Waals surface area (Å²) in [5.41, 5.74) is -0.289. The largest absolute Gasteiger partial charge is 0.440 e. The standard InChI is InChI=1S/C20H18ClF3N4O2S/c1-12-15(26-19(30-12)16-3-2-8-31-16)10-17(29)27-4-6-28(7-5-27)18-14(21)9-13(11-25-18)20(22,23)24/h2-3,8-9,11H,4-7,10H2,1H3. The van der Waals surface area contributed by atoms with Gasteiger partial charge in [0.15, 0.2) is 0 Å². The van der Waals surface area contributed by atoms with E-state index in [0.29, 0.717) is 43.5 Å². The van der Waals surface area contributed by atoms with E-state index in [4.69, 9.17) is 16.0 Å². The van der Waals surface area contributed by atoms with Crippen LogP contribution >= 0.6 is 22.9 Å². The number of hydrogen-bond acceptors (Lipinski definition) is 6. The smallest absolute Gasteiger partial charge is 0.417 e. The van der Waals surface area contributed by atoms with Gasteiger partial charge in [0.05, 0.1) is 27.6 Å². The van der Waals surface area contributed by atoms with Gasteiger partial charge in [-0.05, 0) is 24.4 Å². The van der Waals surface area contributed by atoms with E-state index in [2.05, 4.69) is 9.97 Å². The number of carbonyl (C=O) groups excluding carboxylic acids is 1. The number of pyridine rings is 1. The molecule has 1 fully saturated rings. The van der Waals surface area contributed by atoms with E-state index >= 15 is 0 Å². The zero-order chi connectivity index (χ0) is 22.2. The number of anilines is 1. The molecule has 0 saturated carbocycles. The van der Waals surface area contributed by atoms with E-state index in [-0.39, 0.29) is 23.2 Å². The number of halogens is 4. The third-order valence-corrected chi connectivity index (χ3v) is 6.16. The molecule has 4 rings (SSSR count). The van der Waals surface area contributed by atoms with Gasteiger partial charge >= 0.3 is 6.18 Å². The topological polar surface area (TPSA) is 62.5 Å². The molecule has 0 aromatic carbocycles. The molecule has 0 radical (unpaired) electrons. The molecule has 3 aromatic rings. The number of rotatable bonds is 4. The third-order valence-electron chi connectivity index (χ3n) is 5.02. The molecule has 4 heterocycles. The number of carbonyl (C=O) groups is 1. The number of nitrogens with zero attached hydrogens (tertiary/aromatic N) is 4. The summed E-state index contributed by atoms with van der Waals surface area (Å²) in [6, 6.07) is 4.68. The third kappa shape index (κ3) is 4.69. The second-order valence-corrected chi connectivity index (χ2v) is 8.43. The quantitative estimate of drug-likeness (QED) is 0.554. The van der Waals surface area contributed by atoms with Crippen LogP contribution in [0.2, 0.25) is 5.02 Å². The summed E-state index contributed by atoms with van der Waals surface area (Å²) in [6.45, 7) is 3.44. The van der Waals surface area contributed by atoms with E-state index < -0.39 is 11.7 Å². The Kier molecular flexibility index (Phi) is 5.94. The van der Waals surface area contributed by atoms with Crippen LogP contribution in [0.4, 0.5) is 19.0 Å². The Morgan fingerprint density at radius 1 is 1.29 bits per heavy atom. The minimum atomic E-state index is -4.50. The van der Waals surface area contributed by atoms with Crippen LogP contribution in [0.1, 0.15) is 17.0 Å². The Morgan fingerprint density at radius 2 is 2.03 bits per heavy atom. The van der Waals surface area contributed by atoms with Crippen LogP contribution in [-0.4, -0.2) is 47.0 Å². The van der Waals surface area contributed by atoms with Crippen molar-refractivity contribution < 1.29 is 22.4 Å². The molecule has 0 aliphatic carbocycles. The number of oxazole rings is 1. The van der Waals surface area contributed by atoms with E-state index in [1.54, 1.807) is 16.7 Å². The molecule has 3 aromatic heterocycles. The fourth-order valence-electron chi connectivity index (χ4n) is 3.34. The van der Waals surface area contributed by atoms with Gasteiger partial charge in [-0.25, -0.2) is 9.97 Å². The van der Waals surface area contributed by atoms with E-state index in [1.165, 1.54) is 11.3 Å². The molecule has 1 amide bonds. The van der Waals surface area contributed by atoms with Gasteiger partial charge in [0.1, 0.15) is 11.6 Å². The Balaban J connectivity index is 1.37. The lowest BCUT2D eigenvalue weighted by molar-refractivity contribution is -0.137. The van der Waals surface area contributed by atoms with Gasteiger partial charge in [-0.15, -0.1) is 11.3 Å². The molecule has 0 spiro atoms. The first-order chi connectivity index (χ1) is 14.7. The van der Waals surface area contributed by atoms with Crippen molar-refractivity contribution in [1.29, 1.82) is 0 Å². The monoisotopic (exact) mass is 470 g/mol. The van der Waals surface area contributed by atoms with Gasteiger partial charge < -0.3 is 14.2 Å². The fourth-order valence-corrected chi connectivity index (χ4v) is 4.27. The maximum Gasteiger partial charge on any atom is 0.417 e. The second kappa shape index (κ2) is 8.51. The number of thiophene rings is 1. The summed E-state index contributed by atoms with van der Waals surface area (Å²) in [4.78, 5) is 25.5. The fraction of sp³-hybridized carbons (Fsp3) is 0.350. The predicted molar refractivity (Wildman–Crippen MR) is 111 cm³/mol. The molecular formula is C20H18ClF3N4O2S. The van der Waals surface area contributed by atoms with Gasteiger partial charge in [0, 0.05) is 32.4 Å². The number of hydrogen-bond donors (Lipinski definition) is 0. The van der Waals surface area contributed by atoms with Crippen LogP contribution < -0.4 is 4.90 Å². The lowest BCUT2D eigenvalue weighted by atomic mass is 10.2. The first kappa shape index (κ1) is 21.6. The lowest BCUT2D eigenvalue weighted by Crippen LogP contribution is -2.49. The van der Waals surface area contributed by atoms with Crippen LogP contribution in [0, 0.1) is 6.92 Å². The average molecular weight is 471 g/mol. The van der Waals surface area contributed by atoms with Crippen LogP contribution in [0.15, 0.2) is 34.2 Å². The zero-order valence-corrected chi connectivity index (χ0v) is 18.0. The summed E-state index contributed by atoms with van der Waals surface area (Å²) in [5, 5.41) is 1.87. The van der Waals surface area contributed by atoms with Crippen LogP contribution in [0.3, 0.4) is 0 Å². The first-order valence-corrected chi connectivity index (χ1v) is 10.7. The lowest BCUT2D eigenvalue weighted by Gasteiger charge is -2.35. The van der Waals surface area contributed by atoms with Crippen LogP contribution in [-0.2, 0) is 17.4 Å². The molecule has 0 N–H and O–H groups in total. The van der Waals surface area contributed by atoms with Gasteiger partial charge in [-0.2, -0.15) is 13.2 Å². The van der Waals surface area contributed by atoms with Crippen molar-refractivity contribution in [2.75, 3.05) is 31.1 Å². The maximum absolute atomic E-state index is 12.8. The van der Waals surface area contributed by atoms with Crippen molar-refractivity contribution in [3.63, 3.8) is 0 Å². The average Bonchev–Trinajstić information content (AvgIpc) is 3.38. The molecule has 1 aliphatic rings. The Bertz CT molecular complexity index is 1080. The predicted octanol–water partition coefficient (Wildman–Crippen LogP) is 4.67. The van der Waals surface area contributed by atoms with Gasteiger partial charge in [-0.3, -0.25) is 4.79 Å². The van der Waals surface area contributed by atoms with Crippen molar-refractivity contribution >= 4 is 34.7 Å². The SMILES string of the molecule is Cc1oc(-c2cccs2)nc1CC(=O)N1CCN(c2ncc(C(F)(F)F)cc2Cl)CC1. The van der Waals surface area contributed by atoms with Gasteiger partial charge in [0.25, 0.3) is 0 Å². The molecule has 6 nitrogen and oxygen atoms in total. The molecule has 0 unspecified atom stereocenters. The Hall–Kier alpha value is -2.59. The number of alkyl halides is 3. The summed E-state index contributed by atoms with van der Waals surface area (Å²) < 4.78 is 44.1. The van der Waals surface area contributed by atoms with E-state index in [1.807, 2.05) is 17.5 Å². The van der Waals surface area contributed by atoms with Crippen molar-refractivity contribution in [2.45, 2.75) is 19.5 Å². The highest BCUT2D eigenvalue weighted by Crippen LogP contribution is 2.34. The minimum absolute atomic E-state index is 0.0612. The Morgan fingerprint density at radius 3 is 2.65 bits per heavy atom. The van der Waals surface area contributed by atoms with Gasteiger partial charge in [0.2, 0.25) is 11.8 Å². The summed E-state index contributed by atoms with van der Waals surface area (Å²) in [7, 11) is 0. The van der Waals surface area contributed by atoms with Crippen molar-refractivity contribution in [3.8, 4) is 10.8 Å². The highest BCUT2D eigenvalue weighted by molar-refractivity contribution is 7.13. The highest BCUT2D eigenvalue weighted by atomic mass is 35.5. The molecule has 164 valence electrons. The zero-order valence-electron chi connectivity index (χ0n) is 16.4. The summed E-state index contributed by atoms with van der Waals surface area (Å²) >= 11 is 7.54. The molecule has 1 saturated heterocycles. The molecule has 31 heavy (non-hydrogen) atoms. The van der Waals surface area contributed by atoms with Crippen LogP contribution in [0.5, 0.6) is 0 Å². The molecule has 1 aliphatic heterocycles. The second-order valence-electron chi connectivity index (χ2n) is 7.07. The number of piperazine rings is 1. The van der Waals surface area contributed by atoms with E-state index in [9.17, 15) is 18.0 Å². The molecule has 0 bridgehead atoms. The summed E-state index contributed by atoms with van der Waals surface area (Å²) in [6.07, 6.45) is -3.60. The van der Waals surface area contributed by atoms with Crippen molar-refractivity contribution in [2.24, 2.45) is 0 Å². The molecular weight excluding hydrogens is 453 g/mol. The van der Waals surface area contributed by atoms with Crippen molar-refractivity contribution in [1.82, 2.24) is 14.9 Å². The Labute approximate surface area is 185 Å². The number of amides is 1. The first-order valence-electron chi connectivity index (χ1n) is 9.48. The highest BCUT2D eigenvalue weighted by Gasteiger charge is 2.32. The summed E-state index contributed by atoms with van der Waals surface area (Å²) in [5.74, 6) is 1.31. The minimum Gasteiger partial charge on any atom is -0.440 e. The van der Waals surface area contributed by atoms with Crippen LogP contribution in [0.25, 0.3) is 10.8 Å². The number of aromatic nitrogens is 2. The van der Waals surface area contributed by atoms with Gasteiger partial charge in [-0.1, -0.05) is 17.7 Å². The molecule has 11 heteroatoms. The maximum atomic E-state index is 12.8. The van der Waals surface area contributed by atoms with E-state index in [0.717, 1.165) is 17.1 Å². The van der Waals surface area contributed by atoms with Crippen molar-refractivity contribution in [3.05, 3.63) is 51.8 Å². The normalized spacial score (nSPS) is 14.9. The molecule has 0 atom stereocenters. The number of aryl methyl sites for hydroxylation is 1.